The van der Waals surface area contributed by atoms with Crippen molar-refractivity contribution in [3.63, 3.8) is 0 Å². The predicted octanol–water partition coefficient (Wildman–Crippen LogP) is 3.89. The Morgan fingerprint density at radius 3 is 2.46 bits per heavy atom. The highest BCUT2D eigenvalue weighted by atomic mass is 16.3. The van der Waals surface area contributed by atoms with Crippen LogP contribution >= 0.6 is 0 Å². The summed E-state index contributed by atoms with van der Waals surface area (Å²) in [6, 6.07) is 9.92. The molecule has 1 saturated carbocycles. The zero-order valence-electron chi connectivity index (χ0n) is 16.0. The zero-order chi connectivity index (χ0) is 18.7. The standard InChI is InChI=1S/C22H31NO3/c1-3-4-15-23-19(17-11-7-5-8-12-17)16(2)18(21(23)25)20(24)22(26)13-9-6-10-14-22/h5,7-8,11-12,16,18-19,26H,3-4,6,9-10,13-15H2,1-2H3/t16-,18+,19-/m1/s1. The van der Waals surface area contributed by atoms with E-state index in [1.165, 1.54) is 0 Å². The fraction of sp³-hybridized carbons (Fsp3) is 0.636. The SMILES string of the molecule is CCCCN1C(=O)[C@H](C(=O)C2(O)CCCCC2)[C@@H](C)[C@@H]1c1ccccc1. The molecule has 2 fully saturated rings. The number of rotatable bonds is 6. The number of Topliss-reactive ketones (excluding diaryl/α,β-unsaturated/α-hetero) is 1. The molecule has 0 unspecified atom stereocenters. The average Bonchev–Trinajstić information content (AvgIpc) is 2.90. The van der Waals surface area contributed by atoms with Crippen LogP contribution in [0.5, 0.6) is 0 Å². The van der Waals surface area contributed by atoms with Gasteiger partial charge in [-0.3, -0.25) is 9.59 Å². The lowest BCUT2D eigenvalue weighted by atomic mass is 9.74. The lowest BCUT2D eigenvalue weighted by Gasteiger charge is -2.33. The first-order chi connectivity index (χ1) is 12.5. The summed E-state index contributed by atoms with van der Waals surface area (Å²) in [5, 5.41) is 10.9. The number of carbonyl (C=O) groups is 2. The van der Waals surface area contributed by atoms with Gasteiger partial charge in [-0.25, -0.2) is 0 Å². The van der Waals surface area contributed by atoms with E-state index in [0.717, 1.165) is 37.7 Å². The molecule has 4 heteroatoms. The second kappa shape index (κ2) is 7.91. The minimum Gasteiger partial charge on any atom is -0.382 e. The normalized spacial score (nSPS) is 28.3. The highest BCUT2D eigenvalue weighted by Gasteiger charge is 2.54. The topological polar surface area (TPSA) is 57.6 Å². The van der Waals surface area contributed by atoms with Gasteiger partial charge < -0.3 is 10.0 Å². The smallest absolute Gasteiger partial charge is 0.234 e. The number of likely N-dealkylation sites (tertiary alicyclic amines) is 1. The van der Waals surface area contributed by atoms with Crippen molar-refractivity contribution in [2.75, 3.05) is 6.54 Å². The molecule has 0 radical (unpaired) electrons. The van der Waals surface area contributed by atoms with Gasteiger partial charge in [-0.2, -0.15) is 0 Å². The lowest BCUT2D eigenvalue weighted by molar-refractivity contribution is -0.151. The Kier molecular flexibility index (Phi) is 5.81. The van der Waals surface area contributed by atoms with Gasteiger partial charge in [0.1, 0.15) is 11.5 Å². The monoisotopic (exact) mass is 357 g/mol. The summed E-state index contributed by atoms with van der Waals surface area (Å²) in [6.07, 6.45) is 5.69. The third-order valence-electron chi connectivity index (χ3n) is 6.22. The number of hydrogen-bond acceptors (Lipinski definition) is 3. The fourth-order valence-corrected chi connectivity index (χ4v) is 4.74. The molecule has 142 valence electrons. The largest absolute Gasteiger partial charge is 0.382 e. The summed E-state index contributed by atoms with van der Waals surface area (Å²) < 4.78 is 0. The molecule has 1 amide bonds. The molecular weight excluding hydrogens is 326 g/mol. The van der Waals surface area contributed by atoms with E-state index in [0.29, 0.717) is 19.4 Å². The van der Waals surface area contributed by atoms with Crippen LogP contribution in [0.15, 0.2) is 30.3 Å². The number of aliphatic hydroxyl groups is 1. The van der Waals surface area contributed by atoms with E-state index in [2.05, 4.69) is 6.92 Å². The number of carbonyl (C=O) groups excluding carboxylic acids is 2. The summed E-state index contributed by atoms with van der Waals surface area (Å²) in [7, 11) is 0. The first-order valence-electron chi connectivity index (χ1n) is 10.1. The molecule has 3 atom stereocenters. The first-order valence-corrected chi connectivity index (χ1v) is 10.1. The molecule has 2 aliphatic rings. The van der Waals surface area contributed by atoms with Crippen molar-refractivity contribution in [2.24, 2.45) is 11.8 Å². The van der Waals surface area contributed by atoms with Crippen LogP contribution in [0.2, 0.25) is 0 Å². The van der Waals surface area contributed by atoms with Crippen molar-refractivity contribution in [2.45, 2.75) is 70.4 Å². The molecule has 1 saturated heterocycles. The molecule has 1 N–H and O–H groups in total. The maximum absolute atomic E-state index is 13.2. The Balaban J connectivity index is 1.91. The van der Waals surface area contributed by atoms with Gasteiger partial charge in [-0.05, 0) is 30.7 Å². The van der Waals surface area contributed by atoms with E-state index in [4.69, 9.17) is 0 Å². The van der Waals surface area contributed by atoms with Crippen LogP contribution in [0, 0.1) is 11.8 Å². The highest BCUT2D eigenvalue weighted by molar-refractivity contribution is 6.07. The van der Waals surface area contributed by atoms with Crippen molar-refractivity contribution < 1.29 is 14.7 Å². The molecule has 0 aromatic heterocycles. The Bertz CT molecular complexity index is 636. The van der Waals surface area contributed by atoms with E-state index >= 15 is 0 Å². The Hall–Kier alpha value is -1.68. The Morgan fingerprint density at radius 1 is 1.19 bits per heavy atom. The van der Waals surface area contributed by atoms with E-state index in [-0.39, 0.29) is 23.7 Å². The van der Waals surface area contributed by atoms with Gasteiger partial charge in [0, 0.05) is 6.54 Å². The van der Waals surface area contributed by atoms with Gasteiger partial charge in [0.05, 0.1) is 6.04 Å². The van der Waals surface area contributed by atoms with Crippen LogP contribution in [-0.2, 0) is 9.59 Å². The number of hydrogen-bond donors (Lipinski definition) is 1. The van der Waals surface area contributed by atoms with Crippen LogP contribution in [0.4, 0.5) is 0 Å². The fourth-order valence-electron chi connectivity index (χ4n) is 4.74. The number of nitrogens with zero attached hydrogens (tertiary/aromatic N) is 1. The third kappa shape index (κ3) is 3.44. The van der Waals surface area contributed by atoms with Crippen molar-refractivity contribution in [3.8, 4) is 0 Å². The van der Waals surface area contributed by atoms with E-state index in [1.54, 1.807) is 0 Å². The second-order valence-corrected chi connectivity index (χ2v) is 8.03. The van der Waals surface area contributed by atoms with Gasteiger partial charge in [-0.15, -0.1) is 0 Å². The minimum atomic E-state index is -1.31. The summed E-state index contributed by atoms with van der Waals surface area (Å²) in [5.41, 5.74) is -0.232. The second-order valence-electron chi connectivity index (χ2n) is 8.03. The van der Waals surface area contributed by atoms with E-state index < -0.39 is 11.5 Å². The van der Waals surface area contributed by atoms with Gasteiger partial charge in [-0.1, -0.05) is 69.9 Å². The molecule has 0 spiro atoms. The van der Waals surface area contributed by atoms with Crippen molar-refractivity contribution in [1.82, 2.24) is 4.90 Å². The van der Waals surface area contributed by atoms with Crippen LogP contribution < -0.4 is 0 Å². The maximum Gasteiger partial charge on any atom is 0.234 e. The molecular formula is C22H31NO3. The summed E-state index contributed by atoms with van der Waals surface area (Å²) in [6.45, 7) is 4.77. The van der Waals surface area contributed by atoms with Crippen molar-refractivity contribution in [1.29, 1.82) is 0 Å². The number of ketones is 1. The summed E-state index contributed by atoms with van der Waals surface area (Å²) in [5.74, 6) is -1.18. The number of amides is 1. The summed E-state index contributed by atoms with van der Waals surface area (Å²) in [4.78, 5) is 28.4. The van der Waals surface area contributed by atoms with Crippen LogP contribution in [0.3, 0.4) is 0 Å². The predicted molar refractivity (Wildman–Crippen MR) is 101 cm³/mol. The quantitative estimate of drug-likeness (QED) is 0.786. The molecule has 1 aromatic rings. The first kappa shape index (κ1) is 19.1. The molecule has 1 heterocycles. The molecule has 26 heavy (non-hydrogen) atoms. The molecule has 3 rings (SSSR count). The van der Waals surface area contributed by atoms with Crippen molar-refractivity contribution in [3.05, 3.63) is 35.9 Å². The van der Waals surface area contributed by atoms with Gasteiger partial charge in [0.15, 0.2) is 5.78 Å². The van der Waals surface area contributed by atoms with E-state index in [1.807, 2.05) is 42.2 Å². The zero-order valence-corrected chi connectivity index (χ0v) is 16.0. The Labute approximate surface area is 156 Å². The van der Waals surface area contributed by atoms with Gasteiger partial charge in [0.25, 0.3) is 0 Å². The van der Waals surface area contributed by atoms with Crippen LogP contribution in [0.1, 0.15) is 70.4 Å². The van der Waals surface area contributed by atoms with Gasteiger partial charge in [0.2, 0.25) is 5.91 Å². The maximum atomic E-state index is 13.2. The summed E-state index contributed by atoms with van der Waals surface area (Å²) >= 11 is 0. The molecule has 0 bridgehead atoms. The highest BCUT2D eigenvalue weighted by Crippen LogP contribution is 2.45. The third-order valence-corrected chi connectivity index (χ3v) is 6.22. The number of benzene rings is 1. The van der Waals surface area contributed by atoms with Gasteiger partial charge >= 0.3 is 0 Å². The number of unbranched alkanes of at least 4 members (excludes halogenated alkanes) is 1. The Morgan fingerprint density at radius 2 is 1.85 bits per heavy atom. The molecule has 1 aliphatic heterocycles. The van der Waals surface area contributed by atoms with Crippen molar-refractivity contribution >= 4 is 11.7 Å². The lowest BCUT2D eigenvalue weighted by Crippen LogP contribution is -2.47. The molecule has 1 aromatic carbocycles. The molecule has 4 nitrogen and oxygen atoms in total. The van der Waals surface area contributed by atoms with E-state index in [9.17, 15) is 14.7 Å². The van der Waals surface area contributed by atoms with Crippen LogP contribution in [0.25, 0.3) is 0 Å². The molecule has 1 aliphatic carbocycles. The minimum absolute atomic E-state index is 0.0867. The average molecular weight is 357 g/mol. The van der Waals surface area contributed by atoms with Crippen LogP contribution in [-0.4, -0.2) is 33.8 Å².